The number of aromatic nitrogens is 3. The monoisotopic (exact) mass is 449 g/mol. The van der Waals surface area contributed by atoms with Gasteiger partial charge < -0.3 is 10.2 Å². The van der Waals surface area contributed by atoms with Gasteiger partial charge in [0.15, 0.2) is 0 Å². The standard InChI is InChI=1S/C27H27N7/c1-18(22-15-14-20-13-12-19-8-7-11-23(22)24(19)20)32-33-26-29-25(28-21-9-3-2-4-10-21)30-27(31-26)34-16-5-6-17-34/h2-4,7-11,14-15H,5-6,12-13,16-17H2,1H3,(H2,28,29,30,31,33)/b32-18-. The first-order chi connectivity index (χ1) is 16.7. The van der Waals surface area contributed by atoms with Gasteiger partial charge >= 0.3 is 0 Å². The fourth-order valence-electron chi connectivity index (χ4n) is 4.94. The fraction of sp³-hybridized carbons (Fsp3) is 0.259. The molecule has 4 aromatic rings. The van der Waals surface area contributed by atoms with Gasteiger partial charge in [-0.05, 0) is 66.6 Å². The van der Waals surface area contributed by atoms with Gasteiger partial charge in [0.1, 0.15) is 0 Å². The highest BCUT2D eigenvalue weighted by molar-refractivity contribution is 6.11. The van der Waals surface area contributed by atoms with E-state index in [2.05, 4.69) is 66.0 Å². The fourth-order valence-corrected chi connectivity index (χ4v) is 4.94. The van der Waals surface area contributed by atoms with Crippen molar-refractivity contribution in [1.82, 2.24) is 15.0 Å². The lowest BCUT2D eigenvalue weighted by Crippen LogP contribution is -2.22. The molecule has 0 bridgehead atoms. The van der Waals surface area contributed by atoms with E-state index in [-0.39, 0.29) is 0 Å². The largest absolute Gasteiger partial charge is 0.341 e. The van der Waals surface area contributed by atoms with Crippen molar-refractivity contribution >= 4 is 40.0 Å². The van der Waals surface area contributed by atoms with E-state index in [9.17, 15) is 0 Å². The Kier molecular flexibility index (Phi) is 5.30. The van der Waals surface area contributed by atoms with Gasteiger partial charge in [0.2, 0.25) is 17.8 Å². The average Bonchev–Trinajstić information content (AvgIpc) is 3.55. The third-order valence-corrected chi connectivity index (χ3v) is 6.63. The number of hydrogen-bond acceptors (Lipinski definition) is 7. The molecular formula is C27H27N7. The third-order valence-electron chi connectivity index (χ3n) is 6.63. The molecule has 34 heavy (non-hydrogen) atoms. The Labute approximate surface area is 199 Å². The lowest BCUT2D eigenvalue weighted by Gasteiger charge is -2.17. The summed E-state index contributed by atoms with van der Waals surface area (Å²) in [4.78, 5) is 16.1. The molecule has 1 saturated heterocycles. The van der Waals surface area contributed by atoms with Gasteiger partial charge in [-0.2, -0.15) is 20.1 Å². The van der Waals surface area contributed by atoms with Crippen LogP contribution in [0.2, 0.25) is 0 Å². The van der Waals surface area contributed by atoms with Crippen LogP contribution in [0, 0.1) is 0 Å². The van der Waals surface area contributed by atoms with Crippen LogP contribution in [-0.2, 0) is 12.8 Å². The lowest BCUT2D eigenvalue weighted by atomic mass is 9.98. The summed E-state index contributed by atoms with van der Waals surface area (Å²) >= 11 is 0. The first-order valence-corrected chi connectivity index (χ1v) is 11.9. The Morgan fingerprint density at radius 2 is 1.59 bits per heavy atom. The molecule has 1 fully saturated rings. The second-order valence-electron chi connectivity index (χ2n) is 8.89. The van der Waals surface area contributed by atoms with E-state index in [1.54, 1.807) is 0 Å². The minimum Gasteiger partial charge on any atom is -0.341 e. The topological polar surface area (TPSA) is 78.3 Å². The summed E-state index contributed by atoms with van der Waals surface area (Å²) in [7, 11) is 0. The SMILES string of the molecule is C/C(=N/Nc1nc(Nc2ccccc2)nc(N2CCCC2)n1)c1ccc2c3c(cccc13)CC2. The lowest BCUT2D eigenvalue weighted by molar-refractivity contribution is 0.882. The number of hydrogen-bond donors (Lipinski definition) is 2. The average molecular weight is 450 g/mol. The van der Waals surface area contributed by atoms with Crippen molar-refractivity contribution in [1.29, 1.82) is 0 Å². The summed E-state index contributed by atoms with van der Waals surface area (Å²) in [6.45, 7) is 3.94. The highest BCUT2D eigenvalue weighted by Crippen LogP contribution is 2.33. The van der Waals surface area contributed by atoms with Crippen molar-refractivity contribution in [3.05, 3.63) is 77.4 Å². The molecule has 2 N–H and O–H groups in total. The van der Waals surface area contributed by atoms with Gasteiger partial charge in [0.05, 0.1) is 5.71 Å². The van der Waals surface area contributed by atoms with E-state index in [1.807, 2.05) is 37.3 Å². The minimum atomic E-state index is 0.431. The van der Waals surface area contributed by atoms with E-state index in [0.717, 1.165) is 55.7 Å². The molecule has 0 amide bonds. The Morgan fingerprint density at radius 1 is 0.824 bits per heavy atom. The van der Waals surface area contributed by atoms with Crippen LogP contribution >= 0.6 is 0 Å². The van der Waals surface area contributed by atoms with Crippen molar-refractivity contribution in [3.63, 3.8) is 0 Å². The molecule has 0 spiro atoms. The maximum atomic E-state index is 4.68. The van der Waals surface area contributed by atoms with E-state index < -0.39 is 0 Å². The van der Waals surface area contributed by atoms with Gasteiger partial charge in [-0.3, -0.25) is 0 Å². The maximum Gasteiger partial charge on any atom is 0.250 e. The van der Waals surface area contributed by atoms with E-state index in [4.69, 9.17) is 0 Å². The van der Waals surface area contributed by atoms with Crippen molar-refractivity contribution in [2.45, 2.75) is 32.6 Å². The van der Waals surface area contributed by atoms with Gasteiger partial charge in [-0.1, -0.05) is 48.5 Å². The van der Waals surface area contributed by atoms with E-state index in [0.29, 0.717) is 17.8 Å². The molecule has 1 aliphatic heterocycles. The molecule has 7 heteroatoms. The van der Waals surface area contributed by atoms with Crippen molar-refractivity contribution in [2.75, 3.05) is 28.7 Å². The highest BCUT2D eigenvalue weighted by Gasteiger charge is 2.19. The number of hydrazone groups is 1. The molecule has 0 atom stereocenters. The van der Waals surface area contributed by atoms with Crippen LogP contribution < -0.4 is 15.6 Å². The Hall–Kier alpha value is -4.00. The van der Waals surface area contributed by atoms with Crippen LogP contribution in [0.4, 0.5) is 23.5 Å². The Balaban J connectivity index is 1.32. The van der Waals surface area contributed by atoms with Gasteiger partial charge in [-0.15, -0.1) is 0 Å². The van der Waals surface area contributed by atoms with Crippen LogP contribution in [0.1, 0.15) is 36.5 Å². The van der Waals surface area contributed by atoms with Crippen LogP contribution in [0.25, 0.3) is 10.8 Å². The number of rotatable bonds is 6. The summed E-state index contributed by atoms with van der Waals surface area (Å²) in [5.41, 5.74) is 8.92. The summed E-state index contributed by atoms with van der Waals surface area (Å²) in [6.07, 6.45) is 4.54. The molecule has 0 saturated carbocycles. The van der Waals surface area contributed by atoms with Gasteiger partial charge in [0, 0.05) is 24.3 Å². The van der Waals surface area contributed by atoms with Crippen LogP contribution in [0.3, 0.4) is 0 Å². The number of aryl methyl sites for hydroxylation is 2. The molecule has 7 nitrogen and oxygen atoms in total. The van der Waals surface area contributed by atoms with Crippen LogP contribution in [0.15, 0.2) is 65.8 Å². The van der Waals surface area contributed by atoms with Crippen molar-refractivity contribution in [2.24, 2.45) is 5.10 Å². The van der Waals surface area contributed by atoms with Crippen LogP contribution in [0.5, 0.6) is 0 Å². The smallest absolute Gasteiger partial charge is 0.250 e. The molecule has 3 aromatic carbocycles. The zero-order valence-corrected chi connectivity index (χ0v) is 19.3. The third kappa shape index (κ3) is 3.94. The summed E-state index contributed by atoms with van der Waals surface area (Å²) in [6, 6.07) is 20.9. The molecule has 2 aliphatic rings. The molecule has 1 aliphatic carbocycles. The second-order valence-corrected chi connectivity index (χ2v) is 8.89. The van der Waals surface area contributed by atoms with Crippen molar-refractivity contribution < 1.29 is 0 Å². The predicted octanol–water partition coefficient (Wildman–Crippen LogP) is 5.30. The van der Waals surface area contributed by atoms with Gasteiger partial charge in [-0.25, -0.2) is 5.43 Å². The molecular weight excluding hydrogens is 422 g/mol. The number of nitrogens with zero attached hydrogens (tertiary/aromatic N) is 5. The first-order valence-electron chi connectivity index (χ1n) is 11.9. The van der Waals surface area contributed by atoms with Gasteiger partial charge in [0.25, 0.3) is 0 Å². The summed E-state index contributed by atoms with van der Waals surface area (Å²) in [5, 5.41) is 10.6. The predicted molar refractivity (Wildman–Crippen MR) is 138 cm³/mol. The molecule has 6 rings (SSSR count). The Bertz CT molecular complexity index is 1360. The molecule has 170 valence electrons. The summed E-state index contributed by atoms with van der Waals surface area (Å²) < 4.78 is 0. The summed E-state index contributed by atoms with van der Waals surface area (Å²) in [5.74, 6) is 1.61. The normalized spacial score (nSPS) is 15.2. The molecule has 1 aromatic heterocycles. The van der Waals surface area contributed by atoms with Crippen molar-refractivity contribution in [3.8, 4) is 0 Å². The van der Waals surface area contributed by atoms with Crippen LogP contribution in [-0.4, -0.2) is 33.8 Å². The minimum absolute atomic E-state index is 0.431. The molecule has 0 radical (unpaired) electrons. The zero-order chi connectivity index (χ0) is 22.9. The quantitative estimate of drug-likeness (QED) is 0.307. The van der Waals surface area contributed by atoms with E-state index >= 15 is 0 Å². The Morgan fingerprint density at radius 3 is 2.41 bits per heavy atom. The van der Waals surface area contributed by atoms with E-state index in [1.165, 1.54) is 21.9 Å². The first kappa shape index (κ1) is 20.6. The molecule has 2 heterocycles. The zero-order valence-electron chi connectivity index (χ0n) is 19.3. The highest BCUT2D eigenvalue weighted by atomic mass is 15.4. The number of anilines is 4. The second kappa shape index (κ2) is 8.74. The number of para-hydroxylation sites is 1. The number of nitrogens with one attached hydrogen (secondary N) is 2. The number of benzene rings is 3. The molecule has 0 unspecified atom stereocenters. The maximum absolute atomic E-state index is 4.68.